The number of aryl methyl sites for hydroxylation is 2. The standard InChI is InChI=1S/C14H19N7O/c1-10-6-16-14(17-7-10)20-4-3-5-21-13(9-20)12(18-19-21)8-15-11(2)22/h6-7H,3-5,8-9H2,1-2H3,(H,15,22). The zero-order valence-corrected chi connectivity index (χ0v) is 12.8. The molecule has 116 valence electrons. The molecule has 0 saturated carbocycles. The lowest BCUT2D eigenvalue weighted by Crippen LogP contribution is -2.26. The summed E-state index contributed by atoms with van der Waals surface area (Å²) in [4.78, 5) is 22.0. The molecule has 0 fully saturated rings. The molecule has 1 N–H and O–H groups in total. The monoisotopic (exact) mass is 301 g/mol. The summed E-state index contributed by atoms with van der Waals surface area (Å²) in [5.74, 6) is 0.639. The Balaban J connectivity index is 1.83. The summed E-state index contributed by atoms with van der Waals surface area (Å²) in [7, 11) is 0. The zero-order valence-electron chi connectivity index (χ0n) is 12.8. The van der Waals surface area contributed by atoms with Crippen molar-refractivity contribution in [2.24, 2.45) is 0 Å². The molecule has 0 aromatic carbocycles. The minimum atomic E-state index is -0.0749. The Kier molecular flexibility index (Phi) is 3.99. The van der Waals surface area contributed by atoms with Gasteiger partial charge in [0.1, 0.15) is 5.69 Å². The summed E-state index contributed by atoms with van der Waals surface area (Å²) in [6.07, 6.45) is 4.59. The molecule has 8 heteroatoms. The van der Waals surface area contributed by atoms with Gasteiger partial charge in [-0.2, -0.15) is 0 Å². The predicted molar refractivity (Wildman–Crippen MR) is 80.0 cm³/mol. The molecule has 0 radical (unpaired) electrons. The van der Waals surface area contributed by atoms with Gasteiger partial charge in [0.15, 0.2) is 0 Å². The fourth-order valence-electron chi connectivity index (χ4n) is 2.46. The van der Waals surface area contributed by atoms with Gasteiger partial charge in [0, 0.05) is 32.4 Å². The number of carbonyl (C=O) groups is 1. The smallest absolute Gasteiger partial charge is 0.225 e. The molecular formula is C14H19N7O. The Morgan fingerprint density at radius 2 is 2.09 bits per heavy atom. The number of carbonyl (C=O) groups excluding carboxylic acids is 1. The van der Waals surface area contributed by atoms with Crippen molar-refractivity contribution < 1.29 is 4.79 Å². The number of fused-ring (bicyclic) bond motifs is 1. The van der Waals surface area contributed by atoms with Crippen molar-refractivity contribution >= 4 is 11.9 Å². The normalized spacial score (nSPS) is 14.4. The van der Waals surface area contributed by atoms with Crippen LogP contribution >= 0.6 is 0 Å². The van der Waals surface area contributed by atoms with Gasteiger partial charge in [0.25, 0.3) is 0 Å². The van der Waals surface area contributed by atoms with Crippen molar-refractivity contribution in [1.82, 2.24) is 30.3 Å². The Morgan fingerprint density at radius 1 is 1.32 bits per heavy atom. The molecule has 0 spiro atoms. The quantitative estimate of drug-likeness (QED) is 0.884. The van der Waals surface area contributed by atoms with Crippen LogP contribution in [0.15, 0.2) is 12.4 Å². The summed E-state index contributed by atoms with van der Waals surface area (Å²) in [6, 6.07) is 0. The van der Waals surface area contributed by atoms with E-state index in [-0.39, 0.29) is 5.91 Å². The van der Waals surface area contributed by atoms with Gasteiger partial charge < -0.3 is 10.2 Å². The Hall–Kier alpha value is -2.51. The Labute approximate surface area is 128 Å². The number of nitrogens with one attached hydrogen (secondary N) is 1. The molecule has 1 aliphatic rings. The van der Waals surface area contributed by atoms with E-state index in [0.717, 1.165) is 36.5 Å². The van der Waals surface area contributed by atoms with Gasteiger partial charge in [-0.05, 0) is 18.9 Å². The van der Waals surface area contributed by atoms with Crippen LogP contribution in [-0.2, 0) is 24.4 Å². The average molecular weight is 301 g/mol. The summed E-state index contributed by atoms with van der Waals surface area (Å²) in [5, 5.41) is 11.1. The number of rotatable bonds is 3. The first-order chi connectivity index (χ1) is 10.6. The highest BCUT2D eigenvalue weighted by atomic mass is 16.1. The Morgan fingerprint density at radius 3 is 2.82 bits per heavy atom. The highest BCUT2D eigenvalue weighted by molar-refractivity contribution is 5.72. The Bertz CT molecular complexity index is 664. The van der Waals surface area contributed by atoms with Crippen LogP contribution in [0.3, 0.4) is 0 Å². The second-order valence-electron chi connectivity index (χ2n) is 5.45. The molecule has 3 heterocycles. The molecule has 0 unspecified atom stereocenters. The molecular weight excluding hydrogens is 282 g/mol. The van der Waals surface area contributed by atoms with E-state index in [1.54, 1.807) is 0 Å². The molecule has 2 aromatic rings. The van der Waals surface area contributed by atoms with Crippen LogP contribution in [0.1, 0.15) is 30.3 Å². The van der Waals surface area contributed by atoms with Crippen LogP contribution in [0.25, 0.3) is 0 Å². The molecule has 1 amide bonds. The van der Waals surface area contributed by atoms with Crippen LogP contribution in [0.4, 0.5) is 5.95 Å². The SMILES string of the molecule is CC(=O)NCc1nnn2c1CN(c1ncc(C)cn1)CCC2. The van der Waals surface area contributed by atoms with Gasteiger partial charge in [-0.3, -0.25) is 4.79 Å². The topological polar surface area (TPSA) is 88.8 Å². The first-order valence-electron chi connectivity index (χ1n) is 7.33. The van der Waals surface area contributed by atoms with E-state index in [4.69, 9.17) is 0 Å². The third-order valence-electron chi connectivity index (χ3n) is 3.61. The number of anilines is 1. The van der Waals surface area contributed by atoms with Gasteiger partial charge in [0.2, 0.25) is 11.9 Å². The zero-order chi connectivity index (χ0) is 15.5. The third kappa shape index (κ3) is 3.05. The minimum Gasteiger partial charge on any atom is -0.351 e. The van der Waals surface area contributed by atoms with Crippen molar-refractivity contribution in [2.45, 2.75) is 39.9 Å². The first kappa shape index (κ1) is 14.4. The van der Waals surface area contributed by atoms with Crippen LogP contribution in [0.2, 0.25) is 0 Å². The first-order valence-corrected chi connectivity index (χ1v) is 7.33. The van der Waals surface area contributed by atoms with E-state index in [9.17, 15) is 4.79 Å². The third-order valence-corrected chi connectivity index (χ3v) is 3.61. The number of hydrogen-bond donors (Lipinski definition) is 1. The lowest BCUT2D eigenvalue weighted by molar-refractivity contribution is -0.119. The van der Waals surface area contributed by atoms with Gasteiger partial charge >= 0.3 is 0 Å². The fourth-order valence-corrected chi connectivity index (χ4v) is 2.46. The summed E-state index contributed by atoms with van der Waals surface area (Å²) < 4.78 is 1.91. The van der Waals surface area contributed by atoms with E-state index in [2.05, 4.69) is 30.5 Å². The van der Waals surface area contributed by atoms with Crippen LogP contribution in [-0.4, -0.2) is 37.4 Å². The van der Waals surface area contributed by atoms with Crippen molar-refractivity contribution in [1.29, 1.82) is 0 Å². The molecule has 2 aromatic heterocycles. The second kappa shape index (κ2) is 6.08. The van der Waals surface area contributed by atoms with Crippen LogP contribution in [0.5, 0.6) is 0 Å². The fraction of sp³-hybridized carbons (Fsp3) is 0.500. The lowest BCUT2D eigenvalue weighted by atomic mass is 10.3. The van der Waals surface area contributed by atoms with Gasteiger partial charge in [0.05, 0.1) is 18.8 Å². The molecule has 22 heavy (non-hydrogen) atoms. The molecule has 8 nitrogen and oxygen atoms in total. The minimum absolute atomic E-state index is 0.0749. The van der Waals surface area contributed by atoms with Crippen molar-refractivity contribution in [3.8, 4) is 0 Å². The van der Waals surface area contributed by atoms with Crippen LogP contribution < -0.4 is 10.2 Å². The van der Waals surface area contributed by atoms with E-state index in [1.807, 2.05) is 24.0 Å². The number of nitrogens with zero attached hydrogens (tertiary/aromatic N) is 6. The number of amides is 1. The van der Waals surface area contributed by atoms with E-state index < -0.39 is 0 Å². The molecule has 3 rings (SSSR count). The highest BCUT2D eigenvalue weighted by Gasteiger charge is 2.21. The molecule has 0 atom stereocenters. The maximum Gasteiger partial charge on any atom is 0.225 e. The van der Waals surface area contributed by atoms with Crippen LogP contribution in [0, 0.1) is 6.92 Å². The number of hydrogen-bond acceptors (Lipinski definition) is 6. The van der Waals surface area contributed by atoms with E-state index >= 15 is 0 Å². The van der Waals surface area contributed by atoms with Gasteiger partial charge in [-0.25, -0.2) is 14.6 Å². The largest absolute Gasteiger partial charge is 0.351 e. The van der Waals surface area contributed by atoms with Crippen molar-refractivity contribution in [3.63, 3.8) is 0 Å². The van der Waals surface area contributed by atoms with E-state index in [1.165, 1.54) is 6.92 Å². The summed E-state index contributed by atoms with van der Waals surface area (Å²) in [5.41, 5.74) is 2.85. The molecule has 0 saturated heterocycles. The summed E-state index contributed by atoms with van der Waals surface area (Å²) in [6.45, 7) is 6.18. The van der Waals surface area contributed by atoms with Crippen molar-refractivity contribution in [2.75, 3.05) is 11.4 Å². The predicted octanol–water partition coefficient (Wildman–Crippen LogP) is 0.423. The van der Waals surface area contributed by atoms with Gasteiger partial charge in [-0.15, -0.1) is 5.10 Å². The molecule has 1 aliphatic heterocycles. The molecule has 0 aliphatic carbocycles. The van der Waals surface area contributed by atoms with Gasteiger partial charge in [-0.1, -0.05) is 5.21 Å². The highest BCUT2D eigenvalue weighted by Crippen LogP contribution is 2.18. The maximum absolute atomic E-state index is 11.1. The van der Waals surface area contributed by atoms with E-state index in [0.29, 0.717) is 19.0 Å². The maximum atomic E-state index is 11.1. The lowest BCUT2D eigenvalue weighted by Gasteiger charge is -2.20. The summed E-state index contributed by atoms with van der Waals surface area (Å²) >= 11 is 0. The second-order valence-corrected chi connectivity index (χ2v) is 5.45. The van der Waals surface area contributed by atoms with Crippen molar-refractivity contribution in [3.05, 3.63) is 29.3 Å². The molecule has 0 bridgehead atoms. The average Bonchev–Trinajstić information content (AvgIpc) is 2.74. The number of aromatic nitrogens is 5.